The van der Waals surface area contributed by atoms with E-state index in [1.807, 2.05) is 4.57 Å². The number of thiophene rings is 1. The second-order valence-corrected chi connectivity index (χ2v) is 10.9. The molecule has 11 heteroatoms. The number of benzene rings is 1. The average molecular weight is 527 g/mol. The van der Waals surface area contributed by atoms with E-state index in [0.717, 1.165) is 62.2 Å². The Hall–Kier alpha value is -2.94. The van der Waals surface area contributed by atoms with Crippen molar-refractivity contribution >= 4 is 39.7 Å². The van der Waals surface area contributed by atoms with Crippen molar-refractivity contribution in [2.24, 2.45) is 0 Å². The lowest BCUT2D eigenvalue weighted by Crippen LogP contribution is -2.20. The Labute approximate surface area is 217 Å². The molecule has 0 spiro atoms. The number of nitrogens with one attached hydrogen (secondary N) is 2. The molecule has 2 N–H and O–H groups in total. The van der Waals surface area contributed by atoms with E-state index in [1.165, 1.54) is 40.1 Å². The van der Waals surface area contributed by atoms with E-state index in [1.54, 1.807) is 12.1 Å². The fourth-order valence-corrected chi connectivity index (χ4v) is 6.57. The van der Waals surface area contributed by atoms with Crippen LogP contribution in [0.3, 0.4) is 0 Å². The molecule has 36 heavy (non-hydrogen) atoms. The predicted octanol–water partition coefficient (Wildman–Crippen LogP) is 4.75. The second kappa shape index (κ2) is 11.4. The summed E-state index contributed by atoms with van der Waals surface area (Å²) in [6.45, 7) is 1.75. The Morgan fingerprint density at radius 2 is 2.08 bits per heavy atom. The van der Waals surface area contributed by atoms with Crippen molar-refractivity contribution in [3.05, 3.63) is 51.9 Å². The molecule has 0 radical (unpaired) electrons. The van der Waals surface area contributed by atoms with E-state index < -0.39 is 0 Å². The number of hydrogen-bond donors (Lipinski definition) is 2. The summed E-state index contributed by atoms with van der Waals surface area (Å²) in [5.74, 6) is 0.412. The molecule has 2 aromatic heterocycles. The van der Waals surface area contributed by atoms with Gasteiger partial charge in [-0.05, 0) is 68.4 Å². The lowest BCUT2D eigenvalue weighted by molar-refractivity contribution is -0.113. The summed E-state index contributed by atoms with van der Waals surface area (Å²) in [6.07, 6.45) is 6.15. The summed E-state index contributed by atoms with van der Waals surface area (Å²) in [4.78, 5) is 14.0. The van der Waals surface area contributed by atoms with Crippen LogP contribution in [0.2, 0.25) is 0 Å². The summed E-state index contributed by atoms with van der Waals surface area (Å²) in [6, 6.07) is 8.44. The maximum absolute atomic E-state index is 13.2. The van der Waals surface area contributed by atoms with Gasteiger partial charge in [-0.15, -0.1) is 21.5 Å². The highest BCUT2D eigenvalue weighted by Crippen LogP contribution is 2.37. The van der Waals surface area contributed by atoms with Gasteiger partial charge in [-0.3, -0.25) is 4.79 Å². The molecule has 1 aliphatic heterocycles. The van der Waals surface area contributed by atoms with Crippen LogP contribution in [0.25, 0.3) is 0 Å². The molecule has 0 unspecified atom stereocenters. The minimum Gasteiger partial charge on any atom is -0.378 e. The molecule has 3 aromatic rings. The van der Waals surface area contributed by atoms with E-state index in [2.05, 4.69) is 26.9 Å². The number of ether oxygens (including phenoxy) is 1. The Morgan fingerprint density at radius 3 is 2.86 bits per heavy atom. The van der Waals surface area contributed by atoms with Crippen molar-refractivity contribution in [3.8, 4) is 6.07 Å². The van der Waals surface area contributed by atoms with E-state index >= 15 is 0 Å². The Bertz CT molecular complexity index is 1260. The SMILES string of the molecule is N#Cc1c(NC(=O)CSc2nnc(CNc3ccc(F)cc3)n2C[C@@H]2CCCO2)sc2c1CCCC2. The zero-order valence-electron chi connectivity index (χ0n) is 19.8. The number of thioether (sulfide) groups is 1. The van der Waals surface area contributed by atoms with Crippen LogP contribution in [-0.4, -0.2) is 39.1 Å². The summed E-state index contributed by atoms with van der Waals surface area (Å²) < 4.78 is 21.0. The fraction of sp³-hybridized carbons (Fsp3) is 0.440. The van der Waals surface area contributed by atoms with E-state index in [0.29, 0.717) is 28.8 Å². The molecule has 0 bridgehead atoms. The van der Waals surface area contributed by atoms with Crippen LogP contribution < -0.4 is 10.6 Å². The van der Waals surface area contributed by atoms with Crippen LogP contribution in [0.4, 0.5) is 15.1 Å². The van der Waals surface area contributed by atoms with Crippen molar-refractivity contribution in [2.45, 2.75) is 62.9 Å². The van der Waals surface area contributed by atoms with Crippen molar-refractivity contribution in [1.29, 1.82) is 5.26 Å². The number of carbonyl (C=O) groups excluding carboxylic acids is 1. The smallest absolute Gasteiger partial charge is 0.235 e. The van der Waals surface area contributed by atoms with Crippen LogP contribution >= 0.6 is 23.1 Å². The van der Waals surface area contributed by atoms with Gasteiger partial charge in [-0.2, -0.15) is 5.26 Å². The molecule has 1 amide bonds. The zero-order chi connectivity index (χ0) is 24.9. The molecular formula is C25H27FN6O2S2. The van der Waals surface area contributed by atoms with Gasteiger partial charge in [-0.25, -0.2) is 4.39 Å². The normalized spacial score (nSPS) is 16.9. The fourth-order valence-electron chi connectivity index (χ4n) is 4.55. The average Bonchev–Trinajstić information content (AvgIpc) is 3.62. The van der Waals surface area contributed by atoms with E-state index in [9.17, 15) is 14.4 Å². The summed E-state index contributed by atoms with van der Waals surface area (Å²) in [7, 11) is 0. The van der Waals surface area contributed by atoms with Gasteiger partial charge < -0.3 is 19.9 Å². The highest BCUT2D eigenvalue weighted by molar-refractivity contribution is 7.99. The molecule has 0 saturated carbocycles. The molecule has 8 nitrogen and oxygen atoms in total. The lowest BCUT2D eigenvalue weighted by Gasteiger charge is -2.15. The van der Waals surface area contributed by atoms with Gasteiger partial charge in [0.05, 0.1) is 30.5 Å². The third-order valence-electron chi connectivity index (χ3n) is 6.37. The molecule has 2 aliphatic rings. The predicted molar refractivity (Wildman–Crippen MR) is 138 cm³/mol. The number of halogens is 1. The van der Waals surface area contributed by atoms with E-state index in [-0.39, 0.29) is 23.6 Å². The maximum Gasteiger partial charge on any atom is 0.235 e. The van der Waals surface area contributed by atoms with Gasteiger partial charge in [0.1, 0.15) is 16.9 Å². The number of carbonyl (C=O) groups is 1. The van der Waals surface area contributed by atoms with Crippen LogP contribution in [0.1, 0.15) is 47.5 Å². The molecule has 1 fully saturated rings. The number of hydrogen-bond acceptors (Lipinski definition) is 8. The molecule has 1 aromatic carbocycles. The van der Waals surface area contributed by atoms with Crippen LogP contribution in [0.5, 0.6) is 0 Å². The first-order valence-electron chi connectivity index (χ1n) is 12.1. The van der Waals surface area contributed by atoms with Crippen molar-refractivity contribution in [1.82, 2.24) is 14.8 Å². The van der Waals surface area contributed by atoms with Gasteiger partial charge in [0.15, 0.2) is 11.0 Å². The van der Waals surface area contributed by atoms with Gasteiger partial charge in [-0.1, -0.05) is 11.8 Å². The largest absolute Gasteiger partial charge is 0.378 e. The van der Waals surface area contributed by atoms with E-state index in [4.69, 9.17) is 4.74 Å². The van der Waals surface area contributed by atoms with Gasteiger partial charge in [0.2, 0.25) is 5.91 Å². The summed E-state index contributed by atoms with van der Waals surface area (Å²) >= 11 is 2.84. The molecule has 1 atom stereocenters. The number of nitriles is 1. The molecule has 5 rings (SSSR count). The number of amides is 1. The third kappa shape index (κ3) is 5.72. The monoisotopic (exact) mass is 526 g/mol. The van der Waals surface area contributed by atoms with Gasteiger partial charge >= 0.3 is 0 Å². The summed E-state index contributed by atoms with van der Waals surface area (Å²) in [5.41, 5.74) is 2.50. The number of nitrogens with zero attached hydrogens (tertiary/aromatic N) is 4. The second-order valence-electron chi connectivity index (χ2n) is 8.87. The van der Waals surface area contributed by atoms with Crippen LogP contribution in [-0.2, 0) is 35.5 Å². The Kier molecular flexibility index (Phi) is 7.84. The third-order valence-corrected chi connectivity index (χ3v) is 8.54. The first-order chi connectivity index (χ1) is 17.6. The maximum atomic E-state index is 13.2. The quantitative estimate of drug-likeness (QED) is 0.388. The Balaban J connectivity index is 1.26. The van der Waals surface area contributed by atoms with Crippen molar-refractivity contribution in [2.75, 3.05) is 23.0 Å². The number of rotatable bonds is 9. The number of anilines is 2. The molecule has 1 aliphatic carbocycles. The standard InChI is InChI=1S/C25H27FN6O2S2/c26-16-7-9-17(10-8-16)28-13-22-30-31-25(32(22)14-18-4-3-11-34-18)35-15-23(33)29-24-20(12-27)19-5-1-2-6-21(19)36-24/h7-10,18,28H,1-6,11,13-15H2,(H,29,33)/t18-/m0/s1. The first-order valence-corrected chi connectivity index (χ1v) is 13.9. The van der Waals surface area contributed by atoms with Crippen molar-refractivity contribution < 1.29 is 13.9 Å². The Morgan fingerprint density at radius 1 is 1.25 bits per heavy atom. The highest BCUT2D eigenvalue weighted by atomic mass is 32.2. The molecule has 1 saturated heterocycles. The zero-order valence-corrected chi connectivity index (χ0v) is 21.4. The van der Waals surface area contributed by atoms with Crippen molar-refractivity contribution in [3.63, 3.8) is 0 Å². The first kappa shape index (κ1) is 24.7. The molecular weight excluding hydrogens is 499 g/mol. The molecule has 188 valence electrons. The highest BCUT2D eigenvalue weighted by Gasteiger charge is 2.24. The van der Waals surface area contributed by atoms with Crippen LogP contribution in [0, 0.1) is 17.1 Å². The minimum absolute atomic E-state index is 0.0781. The van der Waals surface area contributed by atoms with Gasteiger partial charge in [0.25, 0.3) is 0 Å². The number of aryl methyl sites for hydroxylation is 1. The van der Waals surface area contributed by atoms with Crippen LogP contribution in [0.15, 0.2) is 29.4 Å². The lowest BCUT2D eigenvalue weighted by atomic mass is 9.96. The topological polar surface area (TPSA) is 105 Å². The number of fused-ring (bicyclic) bond motifs is 1. The van der Waals surface area contributed by atoms with Gasteiger partial charge in [0, 0.05) is 17.2 Å². The molecule has 3 heterocycles. The minimum atomic E-state index is -0.288. The number of aromatic nitrogens is 3. The summed E-state index contributed by atoms with van der Waals surface area (Å²) in [5, 5.41) is 25.8.